The molecule has 0 saturated heterocycles. The average Bonchev–Trinajstić information content (AvgIpc) is 2.87. The van der Waals surface area contributed by atoms with Crippen LogP contribution in [0.4, 0.5) is 0 Å². The van der Waals surface area contributed by atoms with E-state index in [4.69, 9.17) is 0 Å². The second kappa shape index (κ2) is 6.18. The summed E-state index contributed by atoms with van der Waals surface area (Å²) < 4.78 is 1.96. The van der Waals surface area contributed by atoms with Crippen molar-refractivity contribution in [3.8, 4) is 6.07 Å². The summed E-state index contributed by atoms with van der Waals surface area (Å²) in [6.07, 6.45) is 9.08. The van der Waals surface area contributed by atoms with Crippen LogP contribution >= 0.6 is 0 Å². The van der Waals surface area contributed by atoms with Gasteiger partial charge in [0.05, 0.1) is 11.5 Å². The molecule has 0 bridgehead atoms. The summed E-state index contributed by atoms with van der Waals surface area (Å²) in [5, 5.41) is 13.9. The third-order valence-corrected chi connectivity index (χ3v) is 4.50. The van der Waals surface area contributed by atoms with E-state index in [1.807, 2.05) is 4.68 Å². The van der Waals surface area contributed by atoms with Crippen molar-refractivity contribution in [2.45, 2.75) is 65.3 Å². The van der Waals surface area contributed by atoms with Crippen LogP contribution in [-0.4, -0.2) is 14.8 Å². The fourth-order valence-electron chi connectivity index (χ4n) is 3.09. The zero-order chi connectivity index (χ0) is 13.7. The highest BCUT2D eigenvalue weighted by atomic mass is 15.3. The molecule has 0 N–H and O–H groups in total. The summed E-state index contributed by atoms with van der Waals surface area (Å²) in [5.74, 6) is 1.80. The van der Waals surface area contributed by atoms with Crippen LogP contribution < -0.4 is 0 Å². The Bertz CT molecular complexity index is 435. The lowest BCUT2D eigenvalue weighted by Gasteiger charge is -2.34. The van der Waals surface area contributed by atoms with Gasteiger partial charge in [-0.3, -0.25) is 4.68 Å². The van der Waals surface area contributed by atoms with Crippen LogP contribution in [0.5, 0.6) is 0 Å². The Morgan fingerprint density at radius 3 is 2.74 bits per heavy atom. The lowest BCUT2D eigenvalue weighted by Crippen LogP contribution is -2.29. The van der Waals surface area contributed by atoms with E-state index >= 15 is 0 Å². The minimum absolute atomic E-state index is 0.204. The lowest BCUT2D eigenvalue weighted by atomic mass is 9.69. The zero-order valence-electron chi connectivity index (χ0n) is 12.1. The third kappa shape index (κ3) is 3.15. The van der Waals surface area contributed by atoms with Gasteiger partial charge in [-0.2, -0.15) is 10.4 Å². The number of nitrogens with zero attached hydrogens (tertiary/aromatic N) is 4. The first-order valence-electron chi connectivity index (χ1n) is 7.51. The first-order valence-corrected chi connectivity index (χ1v) is 7.51. The molecule has 0 unspecified atom stereocenters. The molecule has 0 atom stereocenters. The van der Waals surface area contributed by atoms with E-state index in [0.717, 1.165) is 44.0 Å². The molecule has 1 aromatic rings. The molecule has 4 nitrogen and oxygen atoms in total. The quantitative estimate of drug-likeness (QED) is 0.816. The van der Waals surface area contributed by atoms with Crippen LogP contribution in [-0.2, 0) is 13.0 Å². The predicted molar refractivity (Wildman–Crippen MR) is 74.3 cm³/mol. The van der Waals surface area contributed by atoms with Gasteiger partial charge in [0.15, 0.2) is 0 Å². The van der Waals surface area contributed by atoms with Gasteiger partial charge >= 0.3 is 0 Å². The van der Waals surface area contributed by atoms with Crippen molar-refractivity contribution in [1.29, 1.82) is 5.26 Å². The van der Waals surface area contributed by atoms with Crippen LogP contribution in [0.15, 0.2) is 6.33 Å². The number of hydrogen-bond acceptors (Lipinski definition) is 3. The molecular weight excluding hydrogens is 236 g/mol. The van der Waals surface area contributed by atoms with E-state index in [0.29, 0.717) is 0 Å². The summed E-state index contributed by atoms with van der Waals surface area (Å²) in [4.78, 5) is 4.36. The first kappa shape index (κ1) is 14.0. The van der Waals surface area contributed by atoms with Gasteiger partial charge in [-0.15, -0.1) is 0 Å². The van der Waals surface area contributed by atoms with Crippen LogP contribution in [0.1, 0.15) is 58.2 Å². The maximum atomic E-state index is 9.61. The fourth-order valence-corrected chi connectivity index (χ4v) is 3.09. The topological polar surface area (TPSA) is 54.5 Å². The SMILES string of the molecule is CCCn1ncnc1CC1(C#N)CCC(CC)CC1. The fraction of sp³-hybridized carbons (Fsp3) is 0.800. The Labute approximate surface area is 115 Å². The molecule has 1 fully saturated rings. The highest BCUT2D eigenvalue weighted by Crippen LogP contribution is 2.41. The normalized spacial score (nSPS) is 27.1. The first-order chi connectivity index (χ1) is 9.23. The summed E-state index contributed by atoms with van der Waals surface area (Å²) in [6.45, 7) is 5.29. The minimum atomic E-state index is -0.204. The van der Waals surface area contributed by atoms with E-state index in [9.17, 15) is 5.26 Å². The molecule has 1 heterocycles. The number of rotatable bonds is 5. The van der Waals surface area contributed by atoms with Gasteiger partial charge in [0, 0.05) is 13.0 Å². The monoisotopic (exact) mass is 260 g/mol. The zero-order valence-corrected chi connectivity index (χ0v) is 12.1. The number of hydrogen-bond donors (Lipinski definition) is 0. The van der Waals surface area contributed by atoms with Gasteiger partial charge in [-0.05, 0) is 38.0 Å². The molecule has 19 heavy (non-hydrogen) atoms. The van der Waals surface area contributed by atoms with E-state index in [1.165, 1.54) is 19.3 Å². The molecule has 104 valence electrons. The van der Waals surface area contributed by atoms with Crippen molar-refractivity contribution in [3.05, 3.63) is 12.2 Å². The van der Waals surface area contributed by atoms with Gasteiger partial charge < -0.3 is 0 Å². The third-order valence-electron chi connectivity index (χ3n) is 4.50. The Morgan fingerprint density at radius 1 is 1.42 bits per heavy atom. The van der Waals surface area contributed by atoms with Gasteiger partial charge in [0.1, 0.15) is 12.2 Å². The number of nitriles is 1. The predicted octanol–water partition coefficient (Wildman–Crippen LogP) is 3.34. The maximum Gasteiger partial charge on any atom is 0.138 e. The van der Waals surface area contributed by atoms with Crippen molar-refractivity contribution in [1.82, 2.24) is 14.8 Å². The standard InChI is InChI=1S/C15H24N4/c1-3-9-19-14(17-12-18-19)10-15(11-16)7-5-13(4-2)6-8-15/h12-13H,3-10H2,1-2H3. The molecule has 1 aromatic heterocycles. The molecule has 0 aliphatic heterocycles. The molecule has 1 aliphatic carbocycles. The van der Waals surface area contributed by atoms with E-state index in [1.54, 1.807) is 6.33 Å². The van der Waals surface area contributed by atoms with Crippen molar-refractivity contribution in [2.24, 2.45) is 11.3 Å². The Hall–Kier alpha value is -1.37. The average molecular weight is 260 g/mol. The van der Waals surface area contributed by atoms with Gasteiger partial charge in [0.2, 0.25) is 0 Å². The second-order valence-corrected chi connectivity index (χ2v) is 5.82. The summed E-state index contributed by atoms with van der Waals surface area (Å²) in [6, 6.07) is 2.59. The van der Waals surface area contributed by atoms with Crippen molar-refractivity contribution in [3.63, 3.8) is 0 Å². The van der Waals surface area contributed by atoms with Crippen molar-refractivity contribution in [2.75, 3.05) is 0 Å². The summed E-state index contributed by atoms with van der Waals surface area (Å²) in [7, 11) is 0. The maximum absolute atomic E-state index is 9.61. The molecule has 1 saturated carbocycles. The lowest BCUT2D eigenvalue weighted by molar-refractivity contribution is 0.200. The van der Waals surface area contributed by atoms with Crippen LogP contribution in [0.3, 0.4) is 0 Å². The van der Waals surface area contributed by atoms with E-state index < -0.39 is 0 Å². The molecule has 0 aromatic carbocycles. The van der Waals surface area contributed by atoms with Gasteiger partial charge in [-0.1, -0.05) is 20.3 Å². The largest absolute Gasteiger partial charge is 0.250 e. The second-order valence-electron chi connectivity index (χ2n) is 5.82. The number of aromatic nitrogens is 3. The Kier molecular flexibility index (Phi) is 4.57. The summed E-state index contributed by atoms with van der Waals surface area (Å²) in [5.41, 5.74) is -0.204. The highest BCUT2D eigenvalue weighted by molar-refractivity contribution is 5.07. The molecular formula is C15H24N4. The molecule has 1 aliphatic rings. The van der Waals surface area contributed by atoms with Crippen LogP contribution in [0, 0.1) is 22.7 Å². The highest BCUT2D eigenvalue weighted by Gasteiger charge is 2.36. The van der Waals surface area contributed by atoms with Gasteiger partial charge in [-0.25, -0.2) is 4.98 Å². The minimum Gasteiger partial charge on any atom is -0.250 e. The summed E-state index contributed by atoms with van der Waals surface area (Å²) >= 11 is 0. The Balaban J connectivity index is 2.07. The molecule has 2 rings (SSSR count). The molecule has 0 radical (unpaired) electrons. The molecule has 4 heteroatoms. The molecule has 0 spiro atoms. The van der Waals surface area contributed by atoms with E-state index in [-0.39, 0.29) is 5.41 Å². The van der Waals surface area contributed by atoms with E-state index in [2.05, 4.69) is 30.0 Å². The smallest absolute Gasteiger partial charge is 0.138 e. The van der Waals surface area contributed by atoms with Crippen molar-refractivity contribution < 1.29 is 0 Å². The van der Waals surface area contributed by atoms with Crippen molar-refractivity contribution >= 4 is 0 Å². The van der Waals surface area contributed by atoms with Crippen LogP contribution in [0.2, 0.25) is 0 Å². The molecule has 0 amide bonds. The Morgan fingerprint density at radius 2 is 2.16 bits per heavy atom. The van der Waals surface area contributed by atoms with Crippen LogP contribution in [0.25, 0.3) is 0 Å². The van der Waals surface area contributed by atoms with Gasteiger partial charge in [0.25, 0.3) is 0 Å². The number of aryl methyl sites for hydroxylation is 1.